The summed E-state index contributed by atoms with van der Waals surface area (Å²) in [6, 6.07) is 0. The van der Waals surface area contributed by atoms with E-state index in [0.29, 0.717) is 0 Å². The highest BCUT2D eigenvalue weighted by atomic mass is 16.2. The average Bonchev–Trinajstić information content (AvgIpc) is 2.03. The van der Waals surface area contributed by atoms with Gasteiger partial charge in [-0.05, 0) is 13.8 Å². The number of carbonyl (C=O) groups is 1. The molecule has 0 spiro atoms. The number of likely N-dealkylation sites (N-methyl/N-ethyl adjacent to an activating group) is 1. The van der Waals surface area contributed by atoms with Gasteiger partial charge >= 0.3 is 0 Å². The number of allylic oxidation sites excluding steroid dienone is 2. The lowest BCUT2D eigenvalue weighted by molar-refractivity contribution is -0.125. The number of hydrogen-bond donors (Lipinski definition) is 0. The van der Waals surface area contributed by atoms with Crippen molar-refractivity contribution >= 4 is 5.91 Å². The van der Waals surface area contributed by atoms with Crippen LogP contribution >= 0.6 is 0 Å². The van der Waals surface area contributed by atoms with E-state index in [0.717, 1.165) is 13.1 Å². The molecule has 0 aliphatic heterocycles. The molecule has 2 nitrogen and oxygen atoms in total. The van der Waals surface area contributed by atoms with E-state index in [1.165, 1.54) is 6.08 Å². The Morgan fingerprint density at radius 1 is 1.45 bits per heavy atom. The Hall–Kier alpha value is -1.05. The first-order valence-corrected chi connectivity index (χ1v) is 3.84. The maximum absolute atomic E-state index is 11.2. The highest BCUT2D eigenvalue weighted by Crippen LogP contribution is 1.89. The van der Waals surface area contributed by atoms with E-state index in [9.17, 15) is 4.79 Å². The van der Waals surface area contributed by atoms with Gasteiger partial charge in [-0.25, -0.2) is 0 Å². The molecule has 0 saturated heterocycles. The molecule has 0 atom stereocenters. The first kappa shape index (κ1) is 9.95. The van der Waals surface area contributed by atoms with Crippen molar-refractivity contribution in [2.75, 3.05) is 13.1 Å². The molecular weight excluding hydrogens is 138 g/mol. The van der Waals surface area contributed by atoms with Crippen LogP contribution in [0.3, 0.4) is 0 Å². The van der Waals surface area contributed by atoms with Crippen molar-refractivity contribution in [3.63, 3.8) is 0 Å². The van der Waals surface area contributed by atoms with E-state index in [2.05, 4.69) is 6.58 Å². The van der Waals surface area contributed by atoms with Crippen molar-refractivity contribution in [2.24, 2.45) is 0 Å². The summed E-state index contributed by atoms with van der Waals surface area (Å²) in [6.45, 7) is 8.93. The van der Waals surface area contributed by atoms with Gasteiger partial charge in [0.1, 0.15) is 0 Å². The first-order chi connectivity index (χ1) is 5.26. The molecule has 0 aliphatic carbocycles. The van der Waals surface area contributed by atoms with Crippen LogP contribution in [-0.2, 0) is 4.79 Å². The van der Waals surface area contributed by atoms with Crippen LogP contribution in [0.2, 0.25) is 0 Å². The fraction of sp³-hybridized carbons (Fsp3) is 0.444. The Labute approximate surface area is 68.2 Å². The molecule has 0 aromatic carbocycles. The van der Waals surface area contributed by atoms with Crippen LogP contribution in [0.1, 0.15) is 13.8 Å². The smallest absolute Gasteiger partial charge is 0.246 e. The monoisotopic (exact) mass is 153 g/mol. The SMILES string of the molecule is C=C/C=C/C(=O)N(CC)CC. The van der Waals surface area contributed by atoms with Crippen molar-refractivity contribution in [3.05, 3.63) is 24.8 Å². The van der Waals surface area contributed by atoms with Gasteiger partial charge in [-0.2, -0.15) is 0 Å². The van der Waals surface area contributed by atoms with Crippen molar-refractivity contribution in [3.8, 4) is 0 Å². The summed E-state index contributed by atoms with van der Waals surface area (Å²) in [5.41, 5.74) is 0. The summed E-state index contributed by atoms with van der Waals surface area (Å²) in [6.07, 6.45) is 4.78. The summed E-state index contributed by atoms with van der Waals surface area (Å²) >= 11 is 0. The van der Waals surface area contributed by atoms with Gasteiger partial charge in [0, 0.05) is 19.2 Å². The van der Waals surface area contributed by atoms with Crippen LogP contribution in [0, 0.1) is 0 Å². The summed E-state index contributed by atoms with van der Waals surface area (Å²) in [5.74, 6) is 0.0508. The zero-order valence-electron chi connectivity index (χ0n) is 7.21. The molecule has 0 rings (SSSR count). The van der Waals surface area contributed by atoms with Gasteiger partial charge in [0.2, 0.25) is 5.91 Å². The highest BCUT2D eigenvalue weighted by molar-refractivity contribution is 5.87. The van der Waals surface area contributed by atoms with E-state index >= 15 is 0 Å². The average molecular weight is 153 g/mol. The summed E-state index contributed by atoms with van der Waals surface area (Å²) < 4.78 is 0. The zero-order chi connectivity index (χ0) is 8.69. The van der Waals surface area contributed by atoms with E-state index in [1.54, 1.807) is 17.1 Å². The van der Waals surface area contributed by atoms with E-state index in [1.807, 2.05) is 13.8 Å². The Morgan fingerprint density at radius 2 is 2.00 bits per heavy atom. The van der Waals surface area contributed by atoms with E-state index < -0.39 is 0 Å². The zero-order valence-corrected chi connectivity index (χ0v) is 7.21. The Kier molecular flexibility index (Phi) is 5.17. The van der Waals surface area contributed by atoms with Crippen LogP contribution in [0.25, 0.3) is 0 Å². The van der Waals surface area contributed by atoms with Crippen LogP contribution in [-0.4, -0.2) is 23.9 Å². The number of nitrogens with zero attached hydrogens (tertiary/aromatic N) is 1. The lowest BCUT2D eigenvalue weighted by atomic mass is 10.4. The minimum absolute atomic E-state index is 0.0508. The van der Waals surface area contributed by atoms with E-state index in [4.69, 9.17) is 0 Å². The van der Waals surface area contributed by atoms with Gasteiger partial charge in [-0.1, -0.05) is 18.7 Å². The van der Waals surface area contributed by atoms with Gasteiger partial charge < -0.3 is 4.90 Å². The second-order valence-electron chi connectivity index (χ2n) is 2.11. The minimum atomic E-state index is 0.0508. The van der Waals surface area contributed by atoms with Crippen LogP contribution in [0.4, 0.5) is 0 Å². The van der Waals surface area contributed by atoms with Gasteiger partial charge in [0.15, 0.2) is 0 Å². The molecule has 0 fully saturated rings. The summed E-state index contributed by atoms with van der Waals surface area (Å²) in [7, 11) is 0. The van der Waals surface area contributed by atoms with Crippen molar-refractivity contribution < 1.29 is 4.79 Å². The van der Waals surface area contributed by atoms with Crippen LogP contribution in [0.5, 0.6) is 0 Å². The molecule has 1 amide bonds. The normalized spacial score (nSPS) is 10.0. The minimum Gasteiger partial charge on any atom is -0.340 e. The maximum atomic E-state index is 11.2. The predicted molar refractivity (Wildman–Crippen MR) is 47.3 cm³/mol. The number of amides is 1. The standard InChI is InChI=1S/C9H15NO/c1-4-7-8-9(11)10(5-2)6-3/h4,7-8H,1,5-6H2,2-3H3/b8-7+. The van der Waals surface area contributed by atoms with Gasteiger partial charge in [0.05, 0.1) is 0 Å². The molecular formula is C9H15NO. The molecule has 0 bridgehead atoms. The lowest BCUT2D eigenvalue weighted by Gasteiger charge is -2.15. The molecule has 0 unspecified atom stereocenters. The molecule has 0 N–H and O–H groups in total. The number of rotatable bonds is 4. The third-order valence-electron chi connectivity index (χ3n) is 1.45. The first-order valence-electron chi connectivity index (χ1n) is 3.84. The fourth-order valence-corrected chi connectivity index (χ4v) is 0.791. The van der Waals surface area contributed by atoms with Crippen molar-refractivity contribution in [2.45, 2.75) is 13.8 Å². The van der Waals surface area contributed by atoms with Gasteiger partial charge in [-0.3, -0.25) is 4.79 Å². The molecule has 62 valence electrons. The van der Waals surface area contributed by atoms with Gasteiger partial charge in [0.25, 0.3) is 0 Å². The topological polar surface area (TPSA) is 20.3 Å². The van der Waals surface area contributed by atoms with Gasteiger partial charge in [-0.15, -0.1) is 0 Å². The van der Waals surface area contributed by atoms with Crippen LogP contribution < -0.4 is 0 Å². The van der Waals surface area contributed by atoms with Crippen molar-refractivity contribution in [1.82, 2.24) is 4.90 Å². The second kappa shape index (κ2) is 5.71. The Morgan fingerprint density at radius 3 is 2.36 bits per heavy atom. The molecule has 0 aromatic heterocycles. The Balaban J connectivity index is 3.98. The fourth-order valence-electron chi connectivity index (χ4n) is 0.791. The van der Waals surface area contributed by atoms with Crippen LogP contribution in [0.15, 0.2) is 24.8 Å². The lowest BCUT2D eigenvalue weighted by Crippen LogP contribution is -2.28. The number of carbonyl (C=O) groups excluding carboxylic acids is 1. The van der Waals surface area contributed by atoms with E-state index in [-0.39, 0.29) is 5.91 Å². The Bertz CT molecular complexity index is 157. The predicted octanol–water partition coefficient (Wildman–Crippen LogP) is 1.60. The molecule has 0 radical (unpaired) electrons. The maximum Gasteiger partial charge on any atom is 0.246 e. The largest absolute Gasteiger partial charge is 0.340 e. The van der Waals surface area contributed by atoms with Crippen molar-refractivity contribution in [1.29, 1.82) is 0 Å². The quantitative estimate of drug-likeness (QED) is 0.443. The molecule has 0 saturated carbocycles. The second-order valence-corrected chi connectivity index (χ2v) is 2.11. The molecule has 0 aromatic rings. The number of hydrogen-bond acceptors (Lipinski definition) is 1. The third-order valence-corrected chi connectivity index (χ3v) is 1.45. The molecule has 0 heterocycles. The highest BCUT2D eigenvalue weighted by Gasteiger charge is 2.02. The summed E-state index contributed by atoms with van der Waals surface area (Å²) in [4.78, 5) is 12.9. The molecule has 11 heavy (non-hydrogen) atoms. The molecule has 2 heteroatoms. The summed E-state index contributed by atoms with van der Waals surface area (Å²) in [5, 5.41) is 0. The third kappa shape index (κ3) is 3.61. The molecule has 0 aliphatic rings.